The number of hydrogen-bond donors (Lipinski definition) is 0. The summed E-state index contributed by atoms with van der Waals surface area (Å²) in [5.41, 5.74) is 1.94. The smallest absolute Gasteiger partial charge is 0.346 e. The Hall–Kier alpha value is -2.54. The summed E-state index contributed by atoms with van der Waals surface area (Å²) in [5.74, 6) is 0.182. The van der Waals surface area contributed by atoms with Gasteiger partial charge in [0, 0.05) is 18.7 Å². The minimum Gasteiger partial charge on any atom is -0.478 e. The van der Waals surface area contributed by atoms with E-state index >= 15 is 0 Å². The highest BCUT2D eigenvalue weighted by Gasteiger charge is 2.22. The van der Waals surface area contributed by atoms with Crippen LogP contribution >= 0.6 is 11.6 Å². The van der Waals surface area contributed by atoms with Gasteiger partial charge in [0.05, 0.1) is 23.4 Å². The average molecular weight is 381 g/mol. The Kier molecular flexibility index (Phi) is 5.92. The Morgan fingerprint density at radius 1 is 1.23 bits per heavy atom. The van der Waals surface area contributed by atoms with E-state index < -0.39 is 12.1 Å². The summed E-state index contributed by atoms with van der Waals surface area (Å²) in [5, 5.41) is 4.53. The third kappa shape index (κ3) is 3.99. The van der Waals surface area contributed by atoms with E-state index in [9.17, 15) is 9.59 Å². The minimum absolute atomic E-state index is 0.186. The first kappa shape index (κ1) is 19.8. The molecule has 0 N–H and O–H groups in total. The van der Waals surface area contributed by atoms with Crippen molar-refractivity contribution >= 4 is 23.4 Å². The zero-order valence-electron chi connectivity index (χ0n) is 15.5. The second-order valence-electron chi connectivity index (χ2n) is 5.86. The summed E-state index contributed by atoms with van der Waals surface area (Å²) in [6.45, 7) is 6.66. The number of ketones is 1. The first-order chi connectivity index (χ1) is 12.1. The maximum atomic E-state index is 11.9. The summed E-state index contributed by atoms with van der Waals surface area (Å²) in [4.78, 5) is 23.5. The van der Waals surface area contributed by atoms with E-state index in [0.717, 1.165) is 11.3 Å². The normalized spacial score (nSPS) is 11.8. The number of Topliss-reactive ketones (excluding diaryl/α,β-unsaturated/α-hetero) is 1. The van der Waals surface area contributed by atoms with Crippen LogP contribution < -0.4 is 9.47 Å². The number of benzene rings is 1. The molecular formula is C18H21ClN2O5. The van der Waals surface area contributed by atoms with Gasteiger partial charge in [0.15, 0.2) is 17.6 Å². The maximum Gasteiger partial charge on any atom is 0.346 e. The number of esters is 1. The lowest BCUT2D eigenvalue weighted by atomic mass is 10.1. The van der Waals surface area contributed by atoms with Crippen molar-refractivity contribution in [2.75, 3.05) is 7.11 Å². The number of halogens is 1. The third-order valence-electron chi connectivity index (χ3n) is 3.91. The molecule has 1 heterocycles. The molecule has 0 saturated carbocycles. The van der Waals surface area contributed by atoms with Crippen LogP contribution in [-0.4, -0.2) is 34.7 Å². The van der Waals surface area contributed by atoms with Gasteiger partial charge in [-0.05, 0) is 33.8 Å². The molecule has 1 atom stereocenters. The van der Waals surface area contributed by atoms with Gasteiger partial charge in [-0.1, -0.05) is 11.6 Å². The molecule has 26 heavy (non-hydrogen) atoms. The number of carbonyl (C=O) groups is 2. The van der Waals surface area contributed by atoms with Gasteiger partial charge in [-0.15, -0.1) is 0 Å². The van der Waals surface area contributed by atoms with Gasteiger partial charge in [0.2, 0.25) is 5.88 Å². The van der Waals surface area contributed by atoms with E-state index in [-0.39, 0.29) is 27.9 Å². The van der Waals surface area contributed by atoms with E-state index in [0.29, 0.717) is 5.88 Å². The summed E-state index contributed by atoms with van der Waals surface area (Å²) in [7, 11) is 3.02. The molecule has 2 rings (SSSR count). The van der Waals surface area contributed by atoms with Crippen molar-refractivity contribution in [2.45, 2.75) is 33.8 Å². The number of methoxy groups -OCH3 is 1. The Balaban J connectivity index is 2.46. The lowest BCUT2D eigenvalue weighted by Crippen LogP contribution is -2.25. The molecule has 0 spiro atoms. The number of carbonyl (C=O) groups excluding carboxylic acids is 2. The summed E-state index contributed by atoms with van der Waals surface area (Å²) in [6.07, 6.45) is -0.896. The summed E-state index contributed by atoms with van der Waals surface area (Å²) >= 11 is 6.28. The molecule has 0 aliphatic heterocycles. The maximum absolute atomic E-state index is 11.9. The number of rotatable bonds is 6. The van der Waals surface area contributed by atoms with Gasteiger partial charge in [-0.2, -0.15) is 5.10 Å². The van der Waals surface area contributed by atoms with Crippen LogP contribution in [0.5, 0.6) is 17.4 Å². The van der Waals surface area contributed by atoms with Crippen LogP contribution in [0.25, 0.3) is 0 Å². The molecule has 0 saturated heterocycles. The summed E-state index contributed by atoms with van der Waals surface area (Å²) < 4.78 is 17.7. The number of ether oxygens (including phenoxy) is 3. The molecule has 0 unspecified atom stereocenters. The second-order valence-corrected chi connectivity index (χ2v) is 6.27. The van der Waals surface area contributed by atoms with Crippen LogP contribution in [-0.2, 0) is 16.6 Å². The molecule has 8 heteroatoms. The quantitative estimate of drug-likeness (QED) is 0.562. The van der Waals surface area contributed by atoms with E-state index in [1.807, 2.05) is 13.8 Å². The third-order valence-corrected chi connectivity index (χ3v) is 4.21. The van der Waals surface area contributed by atoms with Crippen LogP contribution in [0.3, 0.4) is 0 Å². The highest BCUT2D eigenvalue weighted by atomic mass is 35.5. The SMILES string of the molecule is COC(=O)[C@H](C)Oc1cc(Oc2c(C)c(C)nn2C)c(Cl)cc1C(C)=O. The highest BCUT2D eigenvalue weighted by molar-refractivity contribution is 6.32. The number of aromatic nitrogens is 2. The minimum atomic E-state index is -0.896. The molecule has 140 valence electrons. The fourth-order valence-electron chi connectivity index (χ4n) is 2.38. The molecule has 7 nitrogen and oxygen atoms in total. The van der Waals surface area contributed by atoms with Crippen LogP contribution in [0.15, 0.2) is 12.1 Å². The van der Waals surface area contributed by atoms with Crippen molar-refractivity contribution in [3.05, 3.63) is 34.0 Å². The molecule has 0 aliphatic rings. The molecule has 1 aromatic heterocycles. The zero-order chi connectivity index (χ0) is 19.6. The molecule has 0 bridgehead atoms. The number of aryl methyl sites for hydroxylation is 2. The Morgan fingerprint density at radius 3 is 2.38 bits per heavy atom. The average Bonchev–Trinajstić information content (AvgIpc) is 2.82. The molecule has 0 amide bonds. The molecule has 0 aliphatic carbocycles. The summed E-state index contributed by atoms with van der Waals surface area (Å²) in [6, 6.07) is 2.94. The molecule has 0 radical (unpaired) electrons. The van der Waals surface area contributed by atoms with Crippen molar-refractivity contribution in [3.63, 3.8) is 0 Å². The fourth-order valence-corrected chi connectivity index (χ4v) is 2.58. The predicted octanol–water partition coefficient (Wildman–Crippen LogP) is 3.63. The lowest BCUT2D eigenvalue weighted by molar-refractivity contribution is -0.147. The zero-order valence-corrected chi connectivity index (χ0v) is 16.3. The first-order valence-corrected chi connectivity index (χ1v) is 8.30. The van der Waals surface area contributed by atoms with E-state index in [1.165, 1.54) is 33.1 Å². The topological polar surface area (TPSA) is 79.7 Å². The van der Waals surface area contributed by atoms with Crippen LogP contribution in [0.4, 0.5) is 0 Å². The van der Waals surface area contributed by atoms with E-state index in [4.69, 9.17) is 21.1 Å². The molecule has 0 fully saturated rings. The molecule has 1 aromatic carbocycles. The van der Waals surface area contributed by atoms with Crippen LogP contribution in [0.1, 0.15) is 35.5 Å². The standard InChI is InChI=1S/C18H21ClN2O5/c1-9-10(2)20-21(5)17(9)26-16-8-15(25-12(4)18(23)24-6)13(11(3)22)7-14(16)19/h7-8,12H,1-6H3/t12-/m0/s1. The van der Waals surface area contributed by atoms with Gasteiger partial charge in [-0.25, -0.2) is 9.48 Å². The van der Waals surface area contributed by atoms with Crippen LogP contribution in [0.2, 0.25) is 5.02 Å². The molecular weight excluding hydrogens is 360 g/mol. The van der Waals surface area contributed by atoms with Crippen molar-refractivity contribution in [3.8, 4) is 17.4 Å². The lowest BCUT2D eigenvalue weighted by Gasteiger charge is -2.17. The van der Waals surface area contributed by atoms with Crippen molar-refractivity contribution in [2.24, 2.45) is 7.05 Å². The van der Waals surface area contributed by atoms with Crippen LogP contribution in [0, 0.1) is 13.8 Å². The Labute approximate surface area is 156 Å². The van der Waals surface area contributed by atoms with Gasteiger partial charge in [-0.3, -0.25) is 4.79 Å². The van der Waals surface area contributed by atoms with E-state index in [2.05, 4.69) is 9.84 Å². The van der Waals surface area contributed by atoms with Crippen molar-refractivity contribution in [1.82, 2.24) is 9.78 Å². The van der Waals surface area contributed by atoms with Gasteiger partial charge in [0.25, 0.3) is 0 Å². The van der Waals surface area contributed by atoms with E-state index in [1.54, 1.807) is 11.7 Å². The second kappa shape index (κ2) is 7.78. The van der Waals surface area contributed by atoms with Gasteiger partial charge >= 0.3 is 5.97 Å². The van der Waals surface area contributed by atoms with Gasteiger partial charge < -0.3 is 14.2 Å². The first-order valence-electron chi connectivity index (χ1n) is 7.92. The van der Waals surface area contributed by atoms with Crippen molar-refractivity contribution < 1.29 is 23.8 Å². The predicted molar refractivity (Wildman–Crippen MR) is 96.3 cm³/mol. The highest BCUT2D eigenvalue weighted by Crippen LogP contribution is 2.37. The van der Waals surface area contributed by atoms with Crippen molar-refractivity contribution in [1.29, 1.82) is 0 Å². The number of nitrogens with zero attached hydrogens (tertiary/aromatic N) is 2. The monoisotopic (exact) mass is 380 g/mol. The Bertz CT molecular complexity index is 860. The Morgan fingerprint density at radius 2 is 1.88 bits per heavy atom. The largest absolute Gasteiger partial charge is 0.478 e. The fraction of sp³-hybridized carbons (Fsp3) is 0.389. The number of hydrogen-bond acceptors (Lipinski definition) is 6. The van der Waals surface area contributed by atoms with Gasteiger partial charge in [0.1, 0.15) is 5.75 Å². The molecule has 2 aromatic rings.